The molecule has 0 aromatic heterocycles. The van der Waals surface area contributed by atoms with Crippen LogP contribution in [0.25, 0.3) is 11.1 Å². The van der Waals surface area contributed by atoms with E-state index in [1.165, 1.54) is 11.1 Å². The van der Waals surface area contributed by atoms with Gasteiger partial charge in [-0.1, -0.05) is 42.5 Å². The van der Waals surface area contributed by atoms with Gasteiger partial charge in [0.05, 0.1) is 0 Å². The Kier molecular flexibility index (Phi) is 5.96. The lowest BCUT2D eigenvalue weighted by atomic mass is 10.1. The second-order valence-electron chi connectivity index (χ2n) is 5.38. The molecule has 2 rings (SSSR count). The fourth-order valence-electron chi connectivity index (χ4n) is 2.39. The zero-order chi connectivity index (χ0) is 15.2. The van der Waals surface area contributed by atoms with Crippen LogP contribution in [0.1, 0.15) is 13.8 Å². The first-order valence-electron chi connectivity index (χ1n) is 7.25. The number of rotatable bonds is 6. The molecule has 0 saturated carbocycles. The molecule has 2 unspecified atom stereocenters. The molecule has 0 bridgehead atoms. The van der Waals surface area contributed by atoms with Crippen molar-refractivity contribution in [3.63, 3.8) is 0 Å². The van der Waals surface area contributed by atoms with E-state index in [-0.39, 0.29) is 10.8 Å². The SMILES string of the molecule is CC(Cl)CN(CC(C)Cl)c1ccc(-c2ccccc2)cc1. The van der Waals surface area contributed by atoms with E-state index >= 15 is 0 Å². The van der Waals surface area contributed by atoms with Crippen LogP contribution in [-0.4, -0.2) is 23.8 Å². The van der Waals surface area contributed by atoms with Gasteiger partial charge in [0.2, 0.25) is 0 Å². The standard InChI is InChI=1S/C18H21Cl2N/c1-14(19)12-21(13-15(2)20)18-10-8-17(9-11-18)16-6-4-3-5-7-16/h3-11,14-15H,12-13H2,1-2H3. The molecule has 112 valence electrons. The van der Waals surface area contributed by atoms with E-state index in [0.717, 1.165) is 18.8 Å². The summed E-state index contributed by atoms with van der Waals surface area (Å²) in [6, 6.07) is 19.0. The van der Waals surface area contributed by atoms with Crippen molar-refractivity contribution < 1.29 is 0 Å². The van der Waals surface area contributed by atoms with Crippen molar-refractivity contribution in [3.8, 4) is 11.1 Å². The fraction of sp³-hybridized carbons (Fsp3) is 0.333. The van der Waals surface area contributed by atoms with Crippen molar-refractivity contribution in [2.24, 2.45) is 0 Å². The third kappa shape index (κ3) is 4.94. The summed E-state index contributed by atoms with van der Waals surface area (Å²) >= 11 is 12.3. The van der Waals surface area contributed by atoms with Gasteiger partial charge in [0, 0.05) is 29.5 Å². The number of benzene rings is 2. The summed E-state index contributed by atoms with van der Waals surface area (Å²) in [5, 5.41) is 0.184. The van der Waals surface area contributed by atoms with E-state index in [2.05, 4.69) is 53.4 Å². The van der Waals surface area contributed by atoms with Crippen molar-refractivity contribution in [2.45, 2.75) is 24.6 Å². The Hall–Kier alpha value is -1.18. The van der Waals surface area contributed by atoms with Crippen LogP contribution in [0.15, 0.2) is 54.6 Å². The van der Waals surface area contributed by atoms with Gasteiger partial charge in [0.15, 0.2) is 0 Å². The van der Waals surface area contributed by atoms with Gasteiger partial charge in [0.25, 0.3) is 0 Å². The van der Waals surface area contributed by atoms with Crippen molar-refractivity contribution in [3.05, 3.63) is 54.6 Å². The summed E-state index contributed by atoms with van der Waals surface area (Å²) in [4.78, 5) is 2.24. The highest BCUT2D eigenvalue weighted by atomic mass is 35.5. The first kappa shape index (κ1) is 16.2. The number of hydrogen-bond donors (Lipinski definition) is 0. The van der Waals surface area contributed by atoms with Crippen LogP contribution in [-0.2, 0) is 0 Å². The molecule has 3 heteroatoms. The maximum Gasteiger partial charge on any atom is 0.0483 e. The summed E-state index contributed by atoms with van der Waals surface area (Å²) in [5.74, 6) is 0. The summed E-state index contributed by atoms with van der Waals surface area (Å²) in [6.45, 7) is 5.60. The van der Waals surface area contributed by atoms with E-state index < -0.39 is 0 Å². The monoisotopic (exact) mass is 321 g/mol. The van der Waals surface area contributed by atoms with E-state index in [1.807, 2.05) is 19.9 Å². The molecule has 0 spiro atoms. The normalized spacial score (nSPS) is 13.7. The van der Waals surface area contributed by atoms with E-state index in [0.29, 0.717) is 0 Å². The van der Waals surface area contributed by atoms with Crippen molar-refractivity contribution >= 4 is 28.9 Å². The van der Waals surface area contributed by atoms with E-state index in [9.17, 15) is 0 Å². The minimum absolute atomic E-state index is 0.0919. The molecule has 0 N–H and O–H groups in total. The first-order chi connectivity index (χ1) is 10.1. The summed E-state index contributed by atoms with van der Waals surface area (Å²) < 4.78 is 0. The number of anilines is 1. The molecular formula is C18H21Cl2N. The molecule has 2 atom stereocenters. The molecule has 0 aliphatic carbocycles. The lowest BCUT2D eigenvalue weighted by Gasteiger charge is -2.27. The topological polar surface area (TPSA) is 3.24 Å². The second-order valence-corrected chi connectivity index (χ2v) is 6.87. The molecule has 0 radical (unpaired) electrons. The largest absolute Gasteiger partial charge is 0.369 e. The zero-order valence-electron chi connectivity index (χ0n) is 12.5. The minimum atomic E-state index is 0.0919. The van der Waals surface area contributed by atoms with Crippen LogP contribution in [0, 0.1) is 0 Å². The van der Waals surface area contributed by atoms with E-state index in [4.69, 9.17) is 23.2 Å². The highest BCUT2D eigenvalue weighted by Gasteiger charge is 2.12. The quantitative estimate of drug-likeness (QED) is 0.642. The number of hydrogen-bond acceptors (Lipinski definition) is 1. The van der Waals surface area contributed by atoms with E-state index in [1.54, 1.807) is 0 Å². The zero-order valence-corrected chi connectivity index (χ0v) is 14.0. The molecule has 0 amide bonds. The van der Waals surface area contributed by atoms with Crippen LogP contribution < -0.4 is 4.90 Å². The molecular weight excluding hydrogens is 301 g/mol. The Morgan fingerprint density at radius 3 is 1.71 bits per heavy atom. The minimum Gasteiger partial charge on any atom is -0.369 e. The highest BCUT2D eigenvalue weighted by molar-refractivity contribution is 6.21. The molecule has 0 fully saturated rings. The molecule has 21 heavy (non-hydrogen) atoms. The summed E-state index contributed by atoms with van der Waals surface area (Å²) in [6.07, 6.45) is 0. The second kappa shape index (κ2) is 7.72. The number of nitrogens with zero attached hydrogens (tertiary/aromatic N) is 1. The van der Waals surface area contributed by atoms with Crippen LogP contribution in [0.4, 0.5) is 5.69 Å². The number of alkyl halides is 2. The molecule has 2 aromatic carbocycles. The Balaban J connectivity index is 2.19. The Morgan fingerprint density at radius 2 is 1.24 bits per heavy atom. The first-order valence-corrected chi connectivity index (χ1v) is 8.12. The Morgan fingerprint density at radius 1 is 0.762 bits per heavy atom. The maximum absolute atomic E-state index is 6.15. The summed E-state index contributed by atoms with van der Waals surface area (Å²) in [7, 11) is 0. The Bertz CT molecular complexity index is 525. The molecule has 0 heterocycles. The predicted octanol–water partition coefficient (Wildman–Crippen LogP) is 5.41. The maximum atomic E-state index is 6.15. The third-order valence-corrected chi connectivity index (χ3v) is 3.56. The third-order valence-electron chi connectivity index (χ3n) is 3.28. The van der Waals surface area contributed by atoms with Gasteiger partial charge in [-0.05, 0) is 37.1 Å². The molecule has 2 aromatic rings. The van der Waals surface area contributed by atoms with Gasteiger partial charge in [-0.25, -0.2) is 0 Å². The van der Waals surface area contributed by atoms with Crippen LogP contribution >= 0.6 is 23.2 Å². The van der Waals surface area contributed by atoms with Gasteiger partial charge >= 0.3 is 0 Å². The summed E-state index contributed by atoms with van der Waals surface area (Å²) in [5.41, 5.74) is 3.61. The highest BCUT2D eigenvalue weighted by Crippen LogP contribution is 2.24. The fourth-order valence-corrected chi connectivity index (χ4v) is 2.72. The average Bonchev–Trinajstić information content (AvgIpc) is 2.47. The average molecular weight is 322 g/mol. The number of halogens is 2. The van der Waals surface area contributed by atoms with Gasteiger partial charge in [-0.15, -0.1) is 23.2 Å². The van der Waals surface area contributed by atoms with Gasteiger partial charge in [0.1, 0.15) is 0 Å². The lowest BCUT2D eigenvalue weighted by Crippen LogP contribution is -2.33. The van der Waals surface area contributed by atoms with Gasteiger partial charge in [-0.3, -0.25) is 0 Å². The molecule has 0 aliphatic rings. The lowest BCUT2D eigenvalue weighted by molar-refractivity contribution is 0.753. The van der Waals surface area contributed by atoms with Crippen molar-refractivity contribution in [1.29, 1.82) is 0 Å². The molecule has 1 nitrogen and oxygen atoms in total. The molecule has 0 aliphatic heterocycles. The smallest absolute Gasteiger partial charge is 0.0483 e. The van der Waals surface area contributed by atoms with Gasteiger partial charge < -0.3 is 4.90 Å². The van der Waals surface area contributed by atoms with Crippen molar-refractivity contribution in [1.82, 2.24) is 0 Å². The van der Waals surface area contributed by atoms with Crippen LogP contribution in [0.5, 0.6) is 0 Å². The molecule has 0 saturated heterocycles. The van der Waals surface area contributed by atoms with Crippen molar-refractivity contribution in [2.75, 3.05) is 18.0 Å². The van der Waals surface area contributed by atoms with Crippen LogP contribution in [0.2, 0.25) is 0 Å². The van der Waals surface area contributed by atoms with Gasteiger partial charge in [-0.2, -0.15) is 0 Å². The van der Waals surface area contributed by atoms with Crippen LogP contribution in [0.3, 0.4) is 0 Å². The predicted molar refractivity (Wildman–Crippen MR) is 94.7 cm³/mol. The Labute approximate surface area is 137 Å².